The van der Waals surface area contributed by atoms with Gasteiger partial charge in [-0.15, -0.1) is 0 Å². The molecule has 0 unspecified atom stereocenters. The highest BCUT2D eigenvalue weighted by Crippen LogP contribution is 2.41. The second kappa shape index (κ2) is 15.8. The van der Waals surface area contributed by atoms with Crippen LogP contribution in [0, 0.1) is 11.6 Å². The Morgan fingerprint density at radius 3 is 1.46 bits per heavy atom. The van der Waals surface area contributed by atoms with Gasteiger partial charge in [0, 0.05) is 32.9 Å². The lowest BCUT2D eigenvalue weighted by molar-refractivity contribution is -0.134. The van der Waals surface area contributed by atoms with Gasteiger partial charge in [0.05, 0.1) is 6.54 Å². The van der Waals surface area contributed by atoms with Gasteiger partial charge < -0.3 is 15.1 Å². The number of carbonyl (C=O) groups excluding carboxylic acids is 4. The molecule has 52 heavy (non-hydrogen) atoms. The minimum absolute atomic E-state index is 0.000633. The van der Waals surface area contributed by atoms with Crippen LogP contribution in [-0.4, -0.2) is 68.6 Å². The summed E-state index contributed by atoms with van der Waals surface area (Å²) in [6, 6.07) is 16.6. The van der Waals surface area contributed by atoms with Gasteiger partial charge in [0.2, 0.25) is 11.1 Å². The van der Waals surface area contributed by atoms with E-state index in [-0.39, 0.29) is 30.6 Å². The second-order valence-electron chi connectivity index (χ2n) is 13.4. The van der Waals surface area contributed by atoms with Gasteiger partial charge in [-0.3, -0.25) is 29.2 Å². The summed E-state index contributed by atoms with van der Waals surface area (Å²) in [5.74, 6) is -2.68. The Kier molecular flexibility index (Phi) is 11.4. The van der Waals surface area contributed by atoms with E-state index in [9.17, 15) is 28.0 Å². The summed E-state index contributed by atoms with van der Waals surface area (Å²) < 4.78 is 26.8. The third kappa shape index (κ3) is 8.22. The summed E-state index contributed by atoms with van der Waals surface area (Å²) in [6.07, 6.45) is 8.86. The molecule has 3 amide bonds. The summed E-state index contributed by atoms with van der Waals surface area (Å²) in [5.41, 5.74) is 0.701. The van der Waals surface area contributed by atoms with Crippen LogP contribution in [0.1, 0.15) is 75.3 Å². The number of benzene rings is 3. The van der Waals surface area contributed by atoms with Gasteiger partial charge in [-0.05, 0) is 99.4 Å². The van der Waals surface area contributed by atoms with Crippen LogP contribution in [0.4, 0.5) is 14.5 Å². The first-order valence-corrected chi connectivity index (χ1v) is 18.3. The Morgan fingerprint density at radius 1 is 0.654 bits per heavy atom. The molecule has 0 bridgehead atoms. The number of nitrogens with one attached hydrogen (secondary N) is 1. The van der Waals surface area contributed by atoms with Gasteiger partial charge in [-0.1, -0.05) is 60.3 Å². The molecule has 2 saturated carbocycles. The Labute approximate surface area is 315 Å². The van der Waals surface area contributed by atoms with Crippen LogP contribution in [0.5, 0.6) is 0 Å². The van der Waals surface area contributed by atoms with Gasteiger partial charge in [0.15, 0.2) is 0 Å². The third-order valence-electron chi connectivity index (χ3n) is 9.81. The maximum atomic E-state index is 13.4. The number of rotatable bonds is 7. The third-order valence-corrected chi connectivity index (χ3v) is 10.4. The summed E-state index contributed by atoms with van der Waals surface area (Å²) in [4.78, 5) is 62.5. The predicted molar refractivity (Wildman–Crippen MR) is 197 cm³/mol. The van der Waals surface area contributed by atoms with E-state index < -0.39 is 34.1 Å². The molecule has 4 aliphatic rings. The van der Waals surface area contributed by atoms with Gasteiger partial charge in [0.1, 0.15) is 40.9 Å². The van der Waals surface area contributed by atoms with Crippen molar-refractivity contribution < 1.29 is 28.0 Å². The first-order chi connectivity index (χ1) is 24.9. The largest absolute Gasteiger partial charge is 0.324 e. The SMILES string of the molecule is O=C(CN1C(=O)C(c2ccc(Cl)cc2)=NC12CCCCC2)Nc1cc(F)cc(F)c1.O=C(Cl)CN1C(=O)C(c2ccc(Cl)cc2)=NC12CCCCC2. The number of amides is 3. The summed E-state index contributed by atoms with van der Waals surface area (Å²) in [5, 5.41) is 3.10. The molecule has 3 aromatic carbocycles. The van der Waals surface area contributed by atoms with Crippen molar-refractivity contribution in [3.05, 3.63) is 99.5 Å². The molecular weight excluding hydrogens is 735 g/mol. The van der Waals surface area contributed by atoms with Gasteiger partial charge in [-0.2, -0.15) is 0 Å². The Bertz CT molecular complexity index is 1910. The van der Waals surface area contributed by atoms with Crippen molar-refractivity contribution in [2.24, 2.45) is 9.98 Å². The van der Waals surface area contributed by atoms with Crippen molar-refractivity contribution in [2.75, 3.05) is 18.4 Å². The number of aliphatic imine (C=N–C) groups is 2. The maximum Gasteiger partial charge on any atom is 0.275 e. The first-order valence-electron chi connectivity index (χ1n) is 17.2. The minimum Gasteiger partial charge on any atom is -0.324 e. The van der Waals surface area contributed by atoms with Crippen LogP contribution >= 0.6 is 34.8 Å². The van der Waals surface area contributed by atoms with Gasteiger partial charge >= 0.3 is 0 Å². The van der Waals surface area contributed by atoms with E-state index in [0.717, 1.165) is 75.1 Å². The molecule has 0 radical (unpaired) electrons. The number of anilines is 1. The molecule has 2 spiro atoms. The molecule has 2 aliphatic carbocycles. The molecule has 0 saturated heterocycles. The highest BCUT2D eigenvalue weighted by molar-refractivity contribution is 6.64. The zero-order valence-corrected chi connectivity index (χ0v) is 30.4. The zero-order chi connectivity index (χ0) is 37.0. The van der Waals surface area contributed by atoms with Crippen LogP contribution in [0.25, 0.3) is 0 Å². The number of halogens is 5. The van der Waals surface area contributed by atoms with Crippen LogP contribution in [0.15, 0.2) is 76.7 Å². The maximum absolute atomic E-state index is 13.4. The second-order valence-corrected chi connectivity index (χ2v) is 14.7. The quantitative estimate of drug-likeness (QED) is 0.246. The highest BCUT2D eigenvalue weighted by atomic mass is 35.5. The molecule has 0 aromatic heterocycles. The number of hydrogen-bond donors (Lipinski definition) is 1. The van der Waals surface area contributed by atoms with E-state index in [4.69, 9.17) is 44.8 Å². The van der Waals surface area contributed by atoms with Crippen LogP contribution in [-0.2, 0) is 19.2 Å². The normalized spacial score (nSPS) is 18.9. The smallest absolute Gasteiger partial charge is 0.275 e. The lowest BCUT2D eigenvalue weighted by Crippen LogP contribution is -2.51. The average Bonchev–Trinajstić information content (AvgIpc) is 3.51. The fourth-order valence-corrected chi connectivity index (χ4v) is 7.76. The molecule has 14 heteroatoms. The highest BCUT2D eigenvalue weighted by Gasteiger charge is 2.49. The van der Waals surface area contributed by atoms with Crippen molar-refractivity contribution in [1.29, 1.82) is 0 Å². The fourth-order valence-electron chi connectivity index (χ4n) is 7.39. The Morgan fingerprint density at radius 2 is 1.06 bits per heavy atom. The van der Waals surface area contributed by atoms with E-state index in [1.54, 1.807) is 53.4 Å². The van der Waals surface area contributed by atoms with Crippen LogP contribution in [0.2, 0.25) is 10.0 Å². The van der Waals surface area contributed by atoms with Crippen LogP contribution in [0.3, 0.4) is 0 Å². The molecule has 0 atom stereocenters. The van der Waals surface area contributed by atoms with Crippen molar-refractivity contribution in [2.45, 2.75) is 75.5 Å². The van der Waals surface area contributed by atoms with Crippen molar-refractivity contribution >= 4 is 74.9 Å². The number of hydrogen-bond acceptors (Lipinski definition) is 6. The number of carbonyl (C=O) groups is 4. The summed E-state index contributed by atoms with van der Waals surface area (Å²) in [6.45, 7) is -0.349. The standard InChI is InChI=1S/C22H20ClF2N3O2.C16H16Cl2N2O2/c23-15-6-4-14(5-7-15)20-21(30)28(22(27-20)8-2-1-3-9-22)13-19(29)26-18-11-16(24)10-17(25)12-18;17-12-6-4-11(5-7-12)14-15(22)20(10-13(18)21)16(19-14)8-2-1-3-9-16/h4-7,10-12H,1-3,8-9,13H2,(H,26,29);4-7H,1-3,8-10H2. The average molecular weight is 771 g/mol. The topological polar surface area (TPSA) is 112 Å². The van der Waals surface area contributed by atoms with E-state index >= 15 is 0 Å². The van der Waals surface area contributed by atoms with Crippen molar-refractivity contribution in [1.82, 2.24) is 9.80 Å². The van der Waals surface area contributed by atoms with Crippen LogP contribution < -0.4 is 5.32 Å². The predicted octanol–water partition coefficient (Wildman–Crippen LogP) is 7.95. The molecule has 2 aliphatic heterocycles. The first kappa shape index (κ1) is 37.6. The molecule has 2 fully saturated rings. The fraction of sp³-hybridized carbons (Fsp3) is 0.368. The monoisotopic (exact) mass is 769 g/mol. The Balaban J connectivity index is 0.000000187. The van der Waals surface area contributed by atoms with Gasteiger partial charge in [-0.25, -0.2) is 8.78 Å². The lowest BCUT2D eigenvalue weighted by atomic mass is 9.88. The lowest BCUT2D eigenvalue weighted by Gasteiger charge is -2.38. The molecule has 272 valence electrons. The molecule has 1 N–H and O–H groups in total. The molecule has 9 nitrogen and oxygen atoms in total. The van der Waals surface area contributed by atoms with E-state index in [1.807, 2.05) is 0 Å². The van der Waals surface area contributed by atoms with E-state index in [2.05, 4.69) is 5.32 Å². The zero-order valence-electron chi connectivity index (χ0n) is 28.1. The molecular formula is C38H36Cl3F2N5O4. The number of nitrogens with zero attached hydrogens (tertiary/aromatic N) is 4. The molecule has 7 rings (SSSR count). The van der Waals surface area contributed by atoms with Crippen molar-refractivity contribution in [3.8, 4) is 0 Å². The van der Waals surface area contributed by atoms with E-state index in [1.165, 1.54) is 4.90 Å². The summed E-state index contributed by atoms with van der Waals surface area (Å²) >= 11 is 17.4. The van der Waals surface area contributed by atoms with Crippen molar-refractivity contribution in [3.63, 3.8) is 0 Å². The minimum atomic E-state index is -0.792. The molecule has 3 aromatic rings. The van der Waals surface area contributed by atoms with Gasteiger partial charge in [0.25, 0.3) is 11.8 Å². The Hall–Kier alpha value is -4.19. The summed E-state index contributed by atoms with van der Waals surface area (Å²) in [7, 11) is 0. The molecule has 2 heterocycles. The van der Waals surface area contributed by atoms with E-state index in [0.29, 0.717) is 39.9 Å².